The van der Waals surface area contributed by atoms with Crippen molar-refractivity contribution in [2.45, 2.75) is 38.5 Å². The number of carbonyl (C=O) groups excluding carboxylic acids is 1. The zero-order valence-electron chi connectivity index (χ0n) is 15.7. The van der Waals surface area contributed by atoms with Crippen LogP contribution in [-0.2, 0) is 11.3 Å². The van der Waals surface area contributed by atoms with Crippen molar-refractivity contribution in [2.75, 3.05) is 19.6 Å². The second-order valence-electron chi connectivity index (χ2n) is 7.41. The topological polar surface area (TPSA) is 54.3 Å². The van der Waals surface area contributed by atoms with Crippen molar-refractivity contribution < 1.29 is 18.0 Å². The molecule has 1 unspecified atom stereocenters. The van der Waals surface area contributed by atoms with E-state index in [1.54, 1.807) is 29.0 Å². The van der Waals surface area contributed by atoms with Crippen molar-refractivity contribution in [3.8, 4) is 0 Å². The summed E-state index contributed by atoms with van der Waals surface area (Å²) in [6.45, 7) is 1.87. The summed E-state index contributed by atoms with van der Waals surface area (Å²) in [7, 11) is 0. The van der Waals surface area contributed by atoms with Crippen molar-refractivity contribution in [1.82, 2.24) is 14.8 Å². The monoisotopic (exact) mass is 395 g/mol. The zero-order valence-corrected chi connectivity index (χ0v) is 15.7. The standard InChI is InChI=1S/C20H24F3N3O2/c1-14(15-6-9-25(10-7-15)13-20(21,22)23)24-19(28)12-26-11-8-18(27)16-4-2-3-5-17(16)26/h2-5,8,11,14-15H,6-7,9-10,12-13H2,1H3,(H,24,28). The Morgan fingerprint density at radius 1 is 1.21 bits per heavy atom. The highest BCUT2D eigenvalue weighted by Crippen LogP contribution is 2.24. The first-order valence-electron chi connectivity index (χ1n) is 9.39. The maximum absolute atomic E-state index is 12.5. The Hall–Kier alpha value is -2.35. The predicted molar refractivity (Wildman–Crippen MR) is 101 cm³/mol. The van der Waals surface area contributed by atoms with Gasteiger partial charge in [0.05, 0.1) is 12.1 Å². The number of amides is 1. The van der Waals surface area contributed by atoms with E-state index in [-0.39, 0.29) is 29.8 Å². The van der Waals surface area contributed by atoms with E-state index < -0.39 is 12.7 Å². The summed E-state index contributed by atoms with van der Waals surface area (Å²) < 4.78 is 39.2. The number of aromatic nitrogens is 1. The van der Waals surface area contributed by atoms with Gasteiger partial charge in [0.2, 0.25) is 5.91 Å². The van der Waals surface area contributed by atoms with Crippen LogP contribution in [0, 0.1) is 5.92 Å². The summed E-state index contributed by atoms with van der Waals surface area (Å²) in [5.41, 5.74) is 0.601. The second-order valence-corrected chi connectivity index (χ2v) is 7.41. The van der Waals surface area contributed by atoms with Crippen molar-refractivity contribution in [2.24, 2.45) is 5.92 Å². The molecule has 28 heavy (non-hydrogen) atoms. The number of hydrogen-bond acceptors (Lipinski definition) is 3. The lowest BCUT2D eigenvalue weighted by molar-refractivity contribution is -0.148. The molecule has 1 fully saturated rings. The first-order valence-corrected chi connectivity index (χ1v) is 9.39. The van der Waals surface area contributed by atoms with Crippen molar-refractivity contribution in [1.29, 1.82) is 0 Å². The van der Waals surface area contributed by atoms with Gasteiger partial charge in [0.1, 0.15) is 6.54 Å². The number of nitrogens with one attached hydrogen (secondary N) is 1. The lowest BCUT2D eigenvalue weighted by atomic mass is 9.90. The molecule has 1 saturated heterocycles. The number of alkyl halides is 3. The minimum atomic E-state index is -4.17. The van der Waals surface area contributed by atoms with E-state index in [1.165, 1.54) is 11.0 Å². The number of pyridine rings is 1. The van der Waals surface area contributed by atoms with E-state index in [2.05, 4.69) is 5.32 Å². The molecule has 0 radical (unpaired) electrons. The number of halogens is 3. The van der Waals surface area contributed by atoms with Gasteiger partial charge in [-0.15, -0.1) is 0 Å². The number of benzene rings is 1. The number of rotatable bonds is 5. The molecular weight excluding hydrogens is 371 g/mol. The van der Waals surface area contributed by atoms with E-state index in [1.807, 2.05) is 13.0 Å². The van der Waals surface area contributed by atoms with Gasteiger partial charge in [-0.3, -0.25) is 14.5 Å². The van der Waals surface area contributed by atoms with Crippen LogP contribution in [0.1, 0.15) is 19.8 Å². The predicted octanol–water partition coefficient (Wildman–Crippen LogP) is 2.78. The molecule has 152 valence electrons. The molecule has 1 aliphatic rings. The van der Waals surface area contributed by atoms with Crippen LogP contribution in [0.2, 0.25) is 0 Å². The van der Waals surface area contributed by atoms with Gasteiger partial charge < -0.3 is 9.88 Å². The van der Waals surface area contributed by atoms with Crippen LogP contribution in [0.3, 0.4) is 0 Å². The van der Waals surface area contributed by atoms with E-state index in [0.29, 0.717) is 36.8 Å². The highest BCUT2D eigenvalue weighted by atomic mass is 19.4. The Morgan fingerprint density at radius 3 is 2.57 bits per heavy atom. The van der Waals surface area contributed by atoms with Crippen molar-refractivity contribution in [3.05, 3.63) is 46.8 Å². The highest BCUT2D eigenvalue weighted by molar-refractivity contribution is 5.82. The number of fused-ring (bicyclic) bond motifs is 1. The number of carbonyl (C=O) groups is 1. The molecule has 0 saturated carbocycles. The number of para-hydroxylation sites is 1. The first kappa shape index (κ1) is 20.4. The van der Waals surface area contributed by atoms with E-state index in [4.69, 9.17) is 0 Å². The van der Waals surface area contributed by atoms with E-state index >= 15 is 0 Å². The zero-order chi connectivity index (χ0) is 20.3. The number of likely N-dealkylation sites (tertiary alicyclic amines) is 1. The van der Waals surface area contributed by atoms with Crippen LogP contribution in [-0.4, -0.2) is 47.2 Å². The molecule has 1 atom stereocenters. The fraction of sp³-hybridized carbons (Fsp3) is 0.500. The fourth-order valence-corrected chi connectivity index (χ4v) is 3.83. The summed E-state index contributed by atoms with van der Waals surface area (Å²) in [4.78, 5) is 25.8. The molecule has 3 rings (SSSR count). The van der Waals surface area contributed by atoms with E-state index in [9.17, 15) is 22.8 Å². The third-order valence-corrected chi connectivity index (χ3v) is 5.33. The Bertz CT molecular complexity index is 886. The molecule has 1 aliphatic heterocycles. The van der Waals surface area contributed by atoms with Crippen LogP contribution in [0.5, 0.6) is 0 Å². The van der Waals surface area contributed by atoms with Gasteiger partial charge in [-0.1, -0.05) is 12.1 Å². The minimum absolute atomic E-state index is 0.0814. The summed E-state index contributed by atoms with van der Waals surface area (Å²) in [5, 5.41) is 3.52. The van der Waals surface area contributed by atoms with E-state index in [0.717, 1.165) is 0 Å². The molecule has 8 heteroatoms. The van der Waals surface area contributed by atoms with Gasteiger partial charge in [-0.25, -0.2) is 0 Å². The first-order chi connectivity index (χ1) is 13.2. The molecule has 2 heterocycles. The Labute approximate surface area is 161 Å². The smallest absolute Gasteiger partial charge is 0.352 e. The highest BCUT2D eigenvalue weighted by Gasteiger charge is 2.33. The van der Waals surface area contributed by atoms with Gasteiger partial charge in [-0.05, 0) is 50.9 Å². The second kappa shape index (κ2) is 8.34. The molecule has 1 aromatic heterocycles. The fourth-order valence-electron chi connectivity index (χ4n) is 3.83. The molecule has 1 amide bonds. The summed E-state index contributed by atoms with van der Waals surface area (Å²) in [5.74, 6) is -0.0294. The van der Waals surface area contributed by atoms with Crippen LogP contribution < -0.4 is 10.7 Å². The molecular formula is C20H24F3N3O2. The Kier molecular flexibility index (Phi) is 6.07. The molecule has 1 aromatic carbocycles. The van der Waals surface area contributed by atoms with Gasteiger partial charge in [0, 0.05) is 23.7 Å². The van der Waals surface area contributed by atoms with Gasteiger partial charge in [0.15, 0.2) is 5.43 Å². The normalized spacial score (nSPS) is 17.6. The Morgan fingerprint density at radius 2 is 1.89 bits per heavy atom. The van der Waals surface area contributed by atoms with Crippen LogP contribution in [0.25, 0.3) is 10.9 Å². The number of nitrogens with zero attached hydrogens (tertiary/aromatic N) is 2. The summed E-state index contributed by atoms with van der Waals surface area (Å²) >= 11 is 0. The number of piperidine rings is 1. The van der Waals surface area contributed by atoms with Gasteiger partial charge >= 0.3 is 6.18 Å². The van der Waals surface area contributed by atoms with Crippen LogP contribution in [0.15, 0.2) is 41.3 Å². The number of hydrogen-bond donors (Lipinski definition) is 1. The quantitative estimate of drug-likeness (QED) is 0.847. The molecule has 1 N–H and O–H groups in total. The lowest BCUT2D eigenvalue weighted by Crippen LogP contribution is -2.46. The molecule has 0 spiro atoms. The SMILES string of the molecule is CC(NC(=O)Cn1ccc(=O)c2ccccc21)C1CCN(CC(F)(F)F)CC1. The molecule has 2 aromatic rings. The largest absolute Gasteiger partial charge is 0.401 e. The average molecular weight is 395 g/mol. The van der Waals surface area contributed by atoms with Crippen LogP contribution >= 0.6 is 0 Å². The van der Waals surface area contributed by atoms with Gasteiger partial charge in [-0.2, -0.15) is 13.2 Å². The average Bonchev–Trinajstić information content (AvgIpc) is 2.63. The maximum Gasteiger partial charge on any atom is 0.401 e. The summed E-state index contributed by atoms with van der Waals surface area (Å²) in [6, 6.07) is 8.43. The van der Waals surface area contributed by atoms with Crippen molar-refractivity contribution in [3.63, 3.8) is 0 Å². The Balaban J connectivity index is 1.56. The third-order valence-electron chi connectivity index (χ3n) is 5.33. The van der Waals surface area contributed by atoms with Crippen molar-refractivity contribution >= 4 is 16.8 Å². The maximum atomic E-state index is 12.5. The third kappa shape index (κ3) is 5.13. The van der Waals surface area contributed by atoms with Gasteiger partial charge in [0.25, 0.3) is 0 Å². The lowest BCUT2D eigenvalue weighted by Gasteiger charge is -2.35. The van der Waals surface area contributed by atoms with Crippen LogP contribution in [0.4, 0.5) is 13.2 Å². The minimum Gasteiger partial charge on any atom is -0.352 e. The molecule has 0 bridgehead atoms. The molecule has 0 aliphatic carbocycles. The summed E-state index contributed by atoms with van der Waals surface area (Å²) in [6.07, 6.45) is -1.33. The molecule has 5 nitrogen and oxygen atoms in total.